The predicted octanol–water partition coefficient (Wildman–Crippen LogP) is -0.997. The fourth-order valence-corrected chi connectivity index (χ4v) is 2.30. The van der Waals surface area contributed by atoms with E-state index in [1.54, 1.807) is 0 Å². The van der Waals surface area contributed by atoms with Crippen molar-refractivity contribution in [3.05, 3.63) is 0 Å². The Morgan fingerprint density at radius 1 is 1.67 bits per heavy atom. The van der Waals surface area contributed by atoms with Gasteiger partial charge >= 0.3 is 0 Å². The van der Waals surface area contributed by atoms with E-state index >= 15 is 0 Å². The van der Waals surface area contributed by atoms with Crippen molar-refractivity contribution in [1.82, 2.24) is 0 Å². The highest BCUT2D eigenvalue weighted by Gasteiger charge is 2.47. The zero-order valence-corrected chi connectivity index (χ0v) is 6.40. The number of aliphatic carboxylic acids is 1. The lowest BCUT2D eigenvalue weighted by Crippen LogP contribution is -2.26. The van der Waals surface area contributed by atoms with Crippen molar-refractivity contribution < 1.29 is 9.90 Å². The maximum absolute atomic E-state index is 10.2. The summed E-state index contributed by atoms with van der Waals surface area (Å²) < 4.78 is 0. The molecule has 0 bridgehead atoms. The van der Waals surface area contributed by atoms with Crippen LogP contribution in [0.4, 0.5) is 0 Å². The van der Waals surface area contributed by atoms with Gasteiger partial charge in [-0.2, -0.15) is 0 Å². The lowest BCUT2D eigenvalue weighted by atomic mass is 10.4. The van der Waals surface area contributed by atoms with Crippen LogP contribution in [0.25, 0.3) is 0 Å². The van der Waals surface area contributed by atoms with Crippen LogP contribution in [-0.2, 0) is 15.7 Å². The molecular formula is C6H10O2S. The van der Waals surface area contributed by atoms with E-state index in [0.717, 1.165) is 6.42 Å². The summed E-state index contributed by atoms with van der Waals surface area (Å²) in [5.41, 5.74) is 0. The second-order valence-corrected chi connectivity index (χ2v) is 4.94. The molecule has 2 atom stereocenters. The molecule has 0 aromatic rings. The summed E-state index contributed by atoms with van der Waals surface area (Å²) in [6.07, 6.45) is 5.00. The molecule has 0 aliphatic heterocycles. The first-order valence-corrected chi connectivity index (χ1v) is 5.00. The molecule has 0 aromatic heterocycles. The molecule has 2 unspecified atom stereocenters. The molecule has 0 amide bonds. The molecule has 1 fully saturated rings. The number of hydrogen-bond donors (Lipinski definition) is 0. The molecule has 0 radical (unpaired) electrons. The summed E-state index contributed by atoms with van der Waals surface area (Å²) in [6.45, 7) is 0. The average molecular weight is 146 g/mol. The smallest absolute Gasteiger partial charge is 0.126 e. The van der Waals surface area contributed by atoms with E-state index in [1.807, 2.05) is 0 Å². The number of carbonyl (C=O) groups excluding carboxylic acids is 1. The Balaban J connectivity index is 2.33. The van der Waals surface area contributed by atoms with Crippen molar-refractivity contribution in [1.29, 1.82) is 0 Å². The fourth-order valence-electron chi connectivity index (χ4n) is 0.941. The van der Waals surface area contributed by atoms with Crippen molar-refractivity contribution in [2.75, 3.05) is 12.5 Å². The summed E-state index contributed by atoms with van der Waals surface area (Å²) >= 11 is 0. The Bertz CT molecular complexity index is 133. The van der Waals surface area contributed by atoms with Gasteiger partial charge in [-0.05, 0) is 10.9 Å². The zero-order valence-electron chi connectivity index (χ0n) is 5.59. The third-order valence-electron chi connectivity index (χ3n) is 1.64. The molecule has 2 nitrogen and oxygen atoms in total. The highest BCUT2D eigenvalue weighted by molar-refractivity contribution is 7.96. The van der Waals surface area contributed by atoms with Gasteiger partial charge in [0.05, 0.1) is 18.4 Å². The van der Waals surface area contributed by atoms with Crippen molar-refractivity contribution in [3.63, 3.8) is 0 Å². The highest BCUT2D eigenvalue weighted by atomic mass is 32.2. The molecule has 1 saturated carbocycles. The van der Waals surface area contributed by atoms with Crippen LogP contribution in [0.15, 0.2) is 0 Å². The van der Waals surface area contributed by atoms with Crippen LogP contribution in [0.1, 0.15) is 6.42 Å². The number of rotatable bonds is 2. The van der Waals surface area contributed by atoms with Gasteiger partial charge in [0, 0.05) is 12.4 Å². The number of carboxylic acid groups (broad SMARTS) is 1. The minimum Gasteiger partial charge on any atom is -0.550 e. The van der Waals surface area contributed by atoms with E-state index in [1.165, 1.54) is 0 Å². The van der Waals surface area contributed by atoms with Crippen LogP contribution < -0.4 is 5.11 Å². The topological polar surface area (TPSA) is 40.1 Å². The maximum atomic E-state index is 10.2. The Hall–Kier alpha value is -0.180. The van der Waals surface area contributed by atoms with E-state index in [2.05, 4.69) is 12.5 Å². The number of carboxylic acids is 1. The highest BCUT2D eigenvalue weighted by Crippen LogP contribution is 2.36. The van der Waals surface area contributed by atoms with Gasteiger partial charge in [0.1, 0.15) is 5.25 Å². The molecule has 1 aliphatic carbocycles. The third-order valence-corrected chi connectivity index (χ3v) is 3.37. The zero-order chi connectivity index (χ0) is 7.02. The van der Waals surface area contributed by atoms with Crippen molar-refractivity contribution in [2.24, 2.45) is 5.92 Å². The van der Waals surface area contributed by atoms with Crippen LogP contribution in [0.5, 0.6) is 0 Å². The Kier molecular flexibility index (Phi) is 1.70. The van der Waals surface area contributed by atoms with Crippen LogP contribution in [0.3, 0.4) is 0 Å². The SMILES string of the molecule is C[S+](C)C1CC1C(=O)[O-]. The second kappa shape index (κ2) is 2.21. The Morgan fingerprint density at radius 2 is 2.22 bits per heavy atom. The van der Waals surface area contributed by atoms with Gasteiger partial charge in [-0.25, -0.2) is 0 Å². The van der Waals surface area contributed by atoms with Gasteiger partial charge in [-0.3, -0.25) is 0 Å². The van der Waals surface area contributed by atoms with Gasteiger partial charge in [0.25, 0.3) is 0 Å². The Labute approximate surface area is 57.6 Å². The van der Waals surface area contributed by atoms with Crippen molar-refractivity contribution in [2.45, 2.75) is 11.7 Å². The summed E-state index contributed by atoms with van der Waals surface area (Å²) in [5.74, 6) is -0.982. The lowest BCUT2D eigenvalue weighted by Gasteiger charge is -1.96. The predicted molar refractivity (Wildman–Crippen MR) is 36.1 cm³/mol. The molecule has 0 heterocycles. The van der Waals surface area contributed by atoms with Gasteiger partial charge in [0.15, 0.2) is 0 Å². The lowest BCUT2D eigenvalue weighted by molar-refractivity contribution is -0.307. The molecule has 0 N–H and O–H groups in total. The summed E-state index contributed by atoms with van der Waals surface area (Å²) in [4.78, 5) is 10.2. The molecule has 1 rings (SSSR count). The molecule has 3 heteroatoms. The molecule has 0 saturated heterocycles. The van der Waals surface area contributed by atoms with Crippen LogP contribution in [-0.4, -0.2) is 23.7 Å². The van der Waals surface area contributed by atoms with Crippen LogP contribution >= 0.6 is 0 Å². The van der Waals surface area contributed by atoms with Crippen LogP contribution in [0.2, 0.25) is 0 Å². The molecule has 52 valence electrons. The quantitative estimate of drug-likeness (QED) is 0.469. The average Bonchev–Trinajstić information content (AvgIpc) is 2.39. The van der Waals surface area contributed by atoms with E-state index in [0.29, 0.717) is 5.25 Å². The van der Waals surface area contributed by atoms with E-state index in [9.17, 15) is 9.90 Å². The van der Waals surface area contributed by atoms with E-state index in [-0.39, 0.29) is 16.8 Å². The molecular weight excluding hydrogens is 136 g/mol. The normalized spacial score (nSPS) is 32.8. The summed E-state index contributed by atoms with van der Waals surface area (Å²) in [7, 11) is 0.272. The summed E-state index contributed by atoms with van der Waals surface area (Å²) in [6, 6.07) is 0. The van der Waals surface area contributed by atoms with Crippen LogP contribution in [0, 0.1) is 5.92 Å². The largest absolute Gasteiger partial charge is 0.550 e. The first-order valence-electron chi connectivity index (χ1n) is 2.90. The van der Waals surface area contributed by atoms with Gasteiger partial charge in [-0.15, -0.1) is 0 Å². The molecule has 0 aromatic carbocycles. The molecule has 0 spiro atoms. The number of carbonyl (C=O) groups is 1. The van der Waals surface area contributed by atoms with Crippen molar-refractivity contribution in [3.8, 4) is 0 Å². The summed E-state index contributed by atoms with van der Waals surface area (Å²) in [5, 5.41) is 10.6. The first kappa shape index (κ1) is 6.93. The van der Waals surface area contributed by atoms with E-state index < -0.39 is 5.97 Å². The second-order valence-electron chi connectivity index (χ2n) is 2.58. The standard InChI is InChI=1S/C6H10O2S/c1-9(2)5-3-4(5)6(7)8/h4-5H,3H2,1-2H3. The number of hydrogen-bond acceptors (Lipinski definition) is 2. The van der Waals surface area contributed by atoms with Gasteiger partial charge < -0.3 is 9.90 Å². The van der Waals surface area contributed by atoms with Gasteiger partial charge in [0.2, 0.25) is 0 Å². The van der Waals surface area contributed by atoms with Crippen molar-refractivity contribution >= 4 is 16.9 Å². The minimum absolute atomic E-state index is 0.122. The molecule has 1 aliphatic rings. The monoisotopic (exact) mass is 146 g/mol. The maximum Gasteiger partial charge on any atom is 0.126 e. The minimum atomic E-state index is -0.860. The molecule has 9 heavy (non-hydrogen) atoms. The third kappa shape index (κ3) is 1.39. The first-order chi connectivity index (χ1) is 4.13. The van der Waals surface area contributed by atoms with E-state index in [4.69, 9.17) is 0 Å². The Morgan fingerprint density at radius 3 is 2.33 bits per heavy atom. The van der Waals surface area contributed by atoms with Gasteiger partial charge in [-0.1, -0.05) is 0 Å². The fraction of sp³-hybridized carbons (Fsp3) is 0.833.